The fourth-order valence-corrected chi connectivity index (χ4v) is 18.1. The molecule has 0 aliphatic carbocycles. The van der Waals surface area contributed by atoms with Crippen LogP contribution in [-0.2, 0) is 52.1 Å². The Morgan fingerprint density at radius 1 is 0.217 bits per heavy atom. The molecule has 0 bridgehead atoms. The van der Waals surface area contributed by atoms with Gasteiger partial charge in [0.1, 0.15) is 0 Å². The molecule has 0 aromatic heterocycles. The number of unbranched alkanes of at least 4 members (excludes halogenated alkanes) is 60. The van der Waals surface area contributed by atoms with Crippen LogP contribution >= 0.6 is 34.2 Å². The van der Waals surface area contributed by atoms with Crippen molar-refractivity contribution in [1.82, 2.24) is 0 Å². The predicted molar refractivity (Wildman–Crippen MR) is 384 cm³/mol. The number of hydrogen-bond acceptors (Lipinski definition) is 8. The van der Waals surface area contributed by atoms with Gasteiger partial charge in [0, 0.05) is 11.4 Å². The number of rotatable bonds is 72. The van der Waals surface area contributed by atoms with Crippen LogP contribution in [0.4, 0.5) is 0 Å². The number of hydrogen-bond donors (Lipinski definition) is 0. The minimum absolute atomic E-state index is 0. The quantitative estimate of drug-likeness (QED) is 0.0339. The van der Waals surface area contributed by atoms with E-state index in [-0.39, 0.29) is 19.5 Å². The van der Waals surface area contributed by atoms with Crippen molar-refractivity contribution in [2.45, 2.75) is 439 Å². The summed E-state index contributed by atoms with van der Waals surface area (Å²) in [7, 11) is 0. The Hall–Kier alpha value is 2.46. The molecule has 0 saturated carbocycles. The largest absolute Gasteiger partial charge is 2.00 e. The Balaban J connectivity index is -0.00000152. The summed E-state index contributed by atoms with van der Waals surface area (Å²) in [6.45, 7) is 10.3. The van der Waals surface area contributed by atoms with E-state index in [0.717, 1.165) is 37.2 Å². The van der Waals surface area contributed by atoms with Crippen molar-refractivity contribution in [3.63, 3.8) is 0 Å². The second-order valence-electron chi connectivity index (χ2n) is 25.4. The van der Waals surface area contributed by atoms with Gasteiger partial charge in [0.05, 0.1) is 13.2 Å². The zero-order valence-electron chi connectivity index (χ0n) is 57.0. The fourth-order valence-electron chi connectivity index (χ4n) is 11.4. The molecule has 4 nitrogen and oxygen atoms in total. The standard InChI is InChI=1S/2C36H75O2PS2.Zn/c2*1-3-5-7-9-11-13-15-17-19-21-23-25-27-29-31-33-35-38-39(37,40)41-36-34-32-30-28-26-24-22-20-18-16-14-12-10-8-6-4-2;/h2*3-36H2,1-2H3,(H,37,40);/q;;+2/p-2. The molecule has 496 valence electrons. The molecule has 0 aromatic carbocycles. The molecular weight excluding hydrogens is 1180 g/mol. The Bertz CT molecular complexity index is 1080. The van der Waals surface area contributed by atoms with Gasteiger partial charge in [-0.25, -0.2) is 0 Å². The molecule has 0 spiro atoms. The van der Waals surface area contributed by atoms with Crippen molar-refractivity contribution in [3.05, 3.63) is 0 Å². The van der Waals surface area contributed by atoms with Crippen molar-refractivity contribution in [3.8, 4) is 0 Å². The van der Waals surface area contributed by atoms with Crippen molar-refractivity contribution in [2.24, 2.45) is 0 Å². The third-order valence-corrected chi connectivity index (χ3v) is 25.7. The summed E-state index contributed by atoms with van der Waals surface area (Å²) in [5, 5.41) is 0. The zero-order valence-corrected chi connectivity index (χ0v) is 65.0. The summed E-state index contributed by atoms with van der Waals surface area (Å²) in [5.74, 6) is 1.77. The summed E-state index contributed by atoms with van der Waals surface area (Å²) < 4.78 is 11.2. The van der Waals surface area contributed by atoms with Gasteiger partial charge >= 0.3 is 19.5 Å². The van der Waals surface area contributed by atoms with Gasteiger partial charge in [0.25, 0.3) is 0 Å². The maximum atomic E-state index is 12.5. The van der Waals surface area contributed by atoms with Gasteiger partial charge in [-0.15, -0.1) is 22.8 Å². The van der Waals surface area contributed by atoms with Crippen LogP contribution in [0.3, 0.4) is 0 Å². The van der Waals surface area contributed by atoms with Crippen LogP contribution in [-0.4, -0.2) is 24.7 Å². The molecular formula is C72H148O4P2S4Zn. The molecule has 0 rings (SSSR count). The SMILES string of the molecule is CCCCCCCCCCCCCCCCCCOP([O-])(=S)SCCCCCCCCCCCCCCCCCC.CCCCCCCCCCCCCCCCCCOP([O-])(=S)SCCCCCCCCCCCCCCCCCC.[Zn+2]. The van der Waals surface area contributed by atoms with Crippen LogP contribution in [0.15, 0.2) is 0 Å². The molecule has 0 aliphatic rings. The first-order valence-electron chi connectivity index (χ1n) is 37.4. The molecule has 11 heteroatoms. The van der Waals surface area contributed by atoms with Crippen LogP contribution in [0.25, 0.3) is 0 Å². The van der Waals surface area contributed by atoms with Gasteiger partial charge in [0.15, 0.2) is 0 Å². The van der Waals surface area contributed by atoms with Crippen LogP contribution in [0.5, 0.6) is 0 Å². The fraction of sp³-hybridized carbons (Fsp3) is 1.00. The van der Waals surface area contributed by atoms with Crippen LogP contribution in [0, 0.1) is 0 Å². The first-order chi connectivity index (χ1) is 40.2. The smallest absolute Gasteiger partial charge is 0.793 e. The zero-order chi connectivity index (χ0) is 59.9. The van der Waals surface area contributed by atoms with E-state index in [1.54, 1.807) is 0 Å². The van der Waals surface area contributed by atoms with E-state index in [2.05, 4.69) is 27.7 Å². The van der Waals surface area contributed by atoms with E-state index >= 15 is 0 Å². The second-order valence-corrected chi connectivity index (χ2v) is 37.8. The summed E-state index contributed by atoms with van der Waals surface area (Å²) in [5.41, 5.74) is -5.74. The Morgan fingerprint density at radius 3 is 0.482 bits per heavy atom. The van der Waals surface area contributed by atoms with Crippen LogP contribution in [0.2, 0.25) is 0 Å². The molecule has 0 aliphatic heterocycles. The van der Waals surface area contributed by atoms with E-state index in [1.165, 1.54) is 408 Å². The Morgan fingerprint density at radius 2 is 0.337 bits per heavy atom. The van der Waals surface area contributed by atoms with Gasteiger partial charge in [-0.1, -0.05) is 437 Å². The van der Waals surface area contributed by atoms with E-state index in [9.17, 15) is 9.79 Å². The van der Waals surface area contributed by atoms with Gasteiger partial charge in [-0.05, 0) is 37.2 Å². The molecule has 0 heterocycles. The van der Waals surface area contributed by atoms with E-state index in [1.807, 2.05) is 0 Å². The molecule has 2 atom stereocenters. The molecule has 0 amide bonds. The van der Waals surface area contributed by atoms with Crippen molar-refractivity contribution >= 4 is 57.8 Å². The minimum atomic E-state index is -2.87. The summed E-state index contributed by atoms with van der Waals surface area (Å²) in [6.07, 6.45) is 87.7. The van der Waals surface area contributed by atoms with Gasteiger partial charge in [-0.2, -0.15) is 0 Å². The normalized spacial score (nSPS) is 13.0. The Labute approximate surface area is 555 Å². The van der Waals surface area contributed by atoms with Crippen molar-refractivity contribution in [2.75, 3.05) is 24.7 Å². The molecule has 0 fully saturated rings. The van der Waals surface area contributed by atoms with Crippen molar-refractivity contribution < 1.29 is 38.3 Å². The molecule has 2 unspecified atom stereocenters. The van der Waals surface area contributed by atoms with Gasteiger partial charge in [0.2, 0.25) is 0 Å². The predicted octanol–water partition coefficient (Wildman–Crippen LogP) is 27.7. The van der Waals surface area contributed by atoms with Gasteiger partial charge < -0.3 is 18.8 Å². The van der Waals surface area contributed by atoms with Crippen molar-refractivity contribution in [1.29, 1.82) is 0 Å². The molecule has 83 heavy (non-hydrogen) atoms. The van der Waals surface area contributed by atoms with E-state index in [4.69, 9.17) is 32.7 Å². The average Bonchev–Trinajstić information content (AvgIpc) is 3.46. The second kappa shape index (κ2) is 78.7. The topological polar surface area (TPSA) is 64.6 Å². The van der Waals surface area contributed by atoms with Crippen LogP contribution in [0.1, 0.15) is 439 Å². The molecule has 0 aromatic rings. The summed E-state index contributed by atoms with van der Waals surface area (Å²) in [6, 6.07) is 0. The summed E-state index contributed by atoms with van der Waals surface area (Å²) in [4.78, 5) is 25.0. The monoisotopic (exact) mass is 1330 g/mol. The van der Waals surface area contributed by atoms with E-state index in [0.29, 0.717) is 13.2 Å². The molecule has 0 N–H and O–H groups in total. The third kappa shape index (κ3) is 84.5. The summed E-state index contributed by atoms with van der Waals surface area (Å²) >= 11 is 13.3. The molecule has 0 radical (unpaired) electrons. The first-order valence-corrected chi connectivity index (χ1v) is 45.9. The maximum Gasteiger partial charge on any atom is 2.00 e. The average molecular weight is 1330 g/mol. The van der Waals surface area contributed by atoms with Crippen LogP contribution < -0.4 is 9.79 Å². The first kappa shape index (κ1) is 89.7. The minimum Gasteiger partial charge on any atom is -0.793 e. The van der Waals surface area contributed by atoms with Gasteiger partial charge in [-0.3, -0.25) is 0 Å². The molecule has 0 saturated heterocycles. The maximum absolute atomic E-state index is 12.5. The van der Waals surface area contributed by atoms with E-state index < -0.39 is 11.4 Å². The third-order valence-electron chi connectivity index (χ3n) is 17.0. The Kier molecular flexibility index (Phi) is 85.0.